The summed E-state index contributed by atoms with van der Waals surface area (Å²) in [7, 11) is 0. The van der Waals surface area contributed by atoms with Crippen LogP contribution in [0.1, 0.15) is 18.3 Å². The first-order valence-electron chi connectivity index (χ1n) is 6.23. The molecule has 0 amide bonds. The van der Waals surface area contributed by atoms with Gasteiger partial charge in [-0.2, -0.15) is 0 Å². The molecule has 0 aliphatic rings. The predicted molar refractivity (Wildman–Crippen MR) is 84.5 cm³/mol. The van der Waals surface area contributed by atoms with Crippen LogP contribution in [0.4, 0.5) is 11.5 Å². The van der Waals surface area contributed by atoms with Gasteiger partial charge in [-0.3, -0.25) is 0 Å². The quantitative estimate of drug-likeness (QED) is 0.802. The Hall–Kier alpha value is -1.17. The molecule has 1 aromatic carbocycles. The Kier molecular flexibility index (Phi) is 5.34. The minimum absolute atomic E-state index is 0.352. The average Bonchev–Trinajstić information content (AvgIpc) is 2.40. The van der Waals surface area contributed by atoms with E-state index in [2.05, 4.69) is 31.2 Å². The Balaban J connectivity index is 2.19. The molecule has 0 saturated heterocycles. The molecule has 6 heteroatoms. The molecule has 0 fully saturated rings. The highest BCUT2D eigenvalue weighted by Crippen LogP contribution is 2.23. The van der Waals surface area contributed by atoms with Gasteiger partial charge in [0.25, 0.3) is 0 Å². The number of ether oxygens (including phenoxy) is 1. The van der Waals surface area contributed by atoms with Crippen LogP contribution in [0.2, 0.25) is 5.15 Å². The van der Waals surface area contributed by atoms with Gasteiger partial charge in [0, 0.05) is 22.8 Å². The second-order valence-electron chi connectivity index (χ2n) is 4.22. The van der Waals surface area contributed by atoms with E-state index in [9.17, 15) is 0 Å². The van der Waals surface area contributed by atoms with E-state index in [1.807, 2.05) is 32.0 Å². The SMILES string of the molecule is CCOCc1nc(Cl)cc(Nc2ccc(Br)c(C)c2)n1. The van der Waals surface area contributed by atoms with Crippen molar-refractivity contribution in [1.29, 1.82) is 0 Å². The molecule has 0 spiro atoms. The van der Waals surface area contributed by atoms with Crippen LogP contribution in [0.25, 0.3) is 0 Å². The van der Waals surface area contributed by atoms with Crippen LogP contribution in [-0.4, -0.2) is 16.6 Å². The number of nitrogens with one attached hydrogen (secondary N) is 1. The van der Waals surface area contributed by atoms with E-state index >= 15 is 0 Å². The van der Waals surface area contributed by atoms with Crippen LogP contribution >= 0.6 is 27.5 Å². The van der Waals surface area contributed by atoms with Crippen LogP contribution in [-0.2, 0) is 11.3 Å². The van der Waals surface area contributed by atoms with E-state index in [0.29, 0.717) is 30.0 Å². The maximum Gasteiger partial charge on any atom is 0.158 e. The topological polar surface area (TPSA) is 47.0 Å². The van der Waals surface area contributed by atoms with E-state index in [4.69, 9.17) is 16.3 Å². The molecule has 0 aliphatic heterocycles. The first-order chi connectivity index (χ1) is 9.58. The van der Waals surface area contributed by atoms with E-state index < -0.39 is 0 Å². The highest BCUT2D eigenvalue weighted by atomic mass is 79.9. The summed E-state index contributed by atoms with van der Waals surface area (Å²) in [5, 5.41) is 3.61. The lowest BCUT2D eigenvalue weighted by atomic mass is 10.2. The average molecular weight is 357 g/mol. The number of benzene rings is 1. The second-order valence-corrected chi connectivity index (χ2v) is 5.46. The number of aryl methyl sites for hydroxylation is 1. The second kappa shape index (κ2) is 7.02. The minimum atomic E-state index is 0.352. The Labute approximate surface area is 131 Å². The largest absolute Gasteiger partial charge is 0.374 e. The predicted octanol–water partition coefficient (Wildman–Crippen LogP) is 4.48. The van der Waals surface area contributed by atoms with Gasteiger partial charge in [0.1, 0.15) is 17.6 Å². The van der Waals surface area contributed by atoms with Gasteiger partial charge < -0.3 is 10.1 Å². The third kappa shape index (κ3) is 4.16. The van der Waals surface area contributed by atoms with Gasteiger partial charge in [0.2, 0.25) is 0 Å². The van der Waals surface area contributed by atoms with E-state index in [0.717, 1.165) is 15.7 Å². The van der Waals surface area contributed by atoms with Crippen LogP contribution in [0.5, 0.6) is 0 Å². The Morgan fingerprint density at radius 3 is 2.80 bits per heavy atom. The van der Waals surface area contributed by atoms with Crippen LogP contribution in [0, 0.1) is 6.92 Å². The summed E-state index contributed by atoms with van der Waals surface area (Å²) in [5.41, 5.74) is 2.09. The molecule has 20 heavy (non-hydrogen) atoms. The van der Waals surface area contributed by atoms with Crippen molar-refractivity contribution in [1.82, 2.24) is 9.97 Å². The molecule has 4 nitrogen and oxygen atoms in total. The van der Waals surface area contributed by atoms with Crippen molar-refractivity contribution in [2.45, 2.75) is 20.5 Å². The van der Waals surface area contributed by atoms with Crippen LogP contribution in [0.3, 0.4) is 0 Å². The molecule has 106 valence electrons. The maximum atomic E-state index is 6.00. The summed E-state index contributed by atoms with van der Waals surface area (Å²) in [4.78, 5) is 8.50. The zero-order chi connectivity index (χ0) is 14.5. The molecule has 1 N–H and O–H groups in total. The van der Waals surface area contributed by atoms with E-state index in [1.165, 1.54) is 0 Å². The standard InChI is InChI=1S/C14H15BrClN3O/c1-3-20-8-14-18-12(16)7-13(19-14)17-10-4-5-11(15)9(2)6-10/h4-7H,3,8H2,1-2H3,(H,17,18,19). The third-order valence-electron chi connectivity index (χ3n) is 2.61. The highest BCUT2D eigenvalue weighted by molar-refractivity contribution is 9.10. The first-order valence-corrected chi connectivity index (χ1v) is 7.40. The number of nitrogens with zero attached hydrogens (tertiary/aromatic N) is 2. The molecule has 2 rings (SSSR count). The summed E-state index contributed by atoms with van der Waals surface area (Å²) >= 11 is 9.47. The van der Waals surface area contributed by atoms with Crippen molar-refractivity contribution in [3.05, 3.63) is 45.3 Å². The fraction of sp³-hybridized carbons (Fsp3) is 0.286. The molecule has 0 unspecified atom stereocenters. The monoisotopic (exact) mass is 355 g/mol. The van der Waals surface area contributed by atoms with Gasteiger partial charge in [-0.15, -0.1) is 0 Å². The van der Waals surface area contributed by atoms with Gasteiger partial charge in [0.05, 0.1) is 0 Å². The summed E-state index contributed by atoms with van der Waals surface area (Å²) < 4.78 is 6.37. The summed E-state index contributed by atoms with van der Waals surface area (Å²) in [6, 6.07) is 7.67. The molecule has 0 atom stereocenters. The molecule has 0 radical (unpaired) electrons. The van der Waals surface area contributed by atoms with Crippen molar-refractivity contribution in [3.8, 4) is 0 Å². The molecule has 0 bridgehead atoms. The highest BCUT2D eigenvalue weighted by Gasteiger charge is 2.05. The fourth-order valence-electron chi connectivity index (χ4n) is 1.66. The zero-order valence-electron chi connectivity index (χ0n) is 11.3. The smallest absolute Gasteiger partial charge is 0.158 e. The number of rotatable bonds is 5. The minimum Gasteiger partial charge on any atom is -0.374 e. The number of anilines is 2. The van der Waals surface area contributed by atoms with Crippen LogP contribution in [0.15, 0.2) is 28.7 Å². The van der Waals surface area contributed by atoms with Gasteiger partial charge in [0.15, 0.2) is 5.82 Å². The Bertz CT molecular complexity index is 607. The lowest BCUT2D eigenvalue weighted by Crippen LogP contribution is -2.03. The van der Waals surface area contributed by atoms with E-state index in [1.54, 1.807) is 6.07 Å². The van der Waals surface area contributed by atoms with Crippen LogP contribution < -0.4 is 5.32 Å². The Morgan fingerprint density at radius 1 is 1.30 bits per heavy atom. The van der Waals surface area contributed by atoms with E-state index in [-0.39, 0.29) is 0 Å². The maximum absolute atomic E-state index is 6.00. The number of aromatic nitrogens is 2. The number of hydrogen-bond acceptors (Lipinski definition) is 4. The van der Waals surface area contributed by atoms with Crippen molar-refractivity contribution < 1.29 is 4.74 Å². The van der Waals surface area contributed by atoms with Crippen molar-refractivity contribution >= 4 is 39.0 Å². The molecule has 2 aromatic rings. The first kappa shape index (κ1) is 15.2. The lowest BCUT2D eigenvalue weighted by molar-refractivity contribution is 0.128. The Morgan fingerprint density at radius 2 is 2.10 bits per heavy atom. The van der Waals surface area contributed by atoms with Crippen molar-refractivity contribution in [2.75, 3.05) is 11.9 Å². The van der Waals surface area contributed by atoms with Crippen molar-refractivity contribution in [3.63, 3.8) is 0 Å². The molecular formula is C14H15BrClN3O. The number of hydrogen-bond donors (Lipinski definition) is 1. The van der Waals surface area contributed by atoms with Crippen molar-refractivity contribution in [2.24, 2.45) is 0 Å². The molecule has 0 aliphatic carbocycles. The third-order valence-corrected chi connectivity index (χ3v) is 3.69. The normalized spacial score (nSPS) is 10.6. The van der Waals surface area contributed by atoms with Gasteiger partial charge in [-0.05, 0) is 37.6 Å². The zero-order valence-corrected chi connectivity index (χ0v) is 13.6. The fourth-order valence-corrected chi connectivity index (χ4v) is 2.10. The van der Waals surface area contributed by atoms with Gasteiger partial charge >= 0.3 is 0 Å². The van der Waals surface area contributed by atoms with Gasteiger partial charge in [-0.1, -0.05) is 27.5 Å². The summed E-state index contributed by atoms with van der Waals surface area (Å²) in [6.45, 7) is 4.92. The molecule has 1 heterocycles. The molecular weight excluding hydrogens is 342 g/mol. The molecule has 1 aromatic heterocycles. The lowest BCUT2D eigenvalue weighted by Gasteiger charge is -2.09. The summed E-state index contributed by atoms with van der Waals surface area (Å²) in [5.74, 6) is 1.22. The van der Waals surface area contributed by atoms with Gasteiger partial charge in [-0.25, -0.2) is 9.97 Å². The molecule has 0 saturated carbocycles. The summed E-state index contributed by atoms with van der Waals surface area (Å²) in [6.07, 6.45) is 0. The number of halogens is 2.